The average Bonchev–Trinajstić information content (AvgIpc) is 3.23. The van der Waals surface area contributed by atoms with Crippen molar-refractivity contribution in [2.45, 2.75) is 26.7 Å². The lowest BCUT2D eigenvalue weighted by Gasteiger charge is -2.19. The summed E-state index contributed by atoms with van der Waals surface area (Å²) in [6.07, 6.45) is -1.14. The lowest BCUT2D eigenvalue weighted by molar-refractivity contribution is -0.122. The molecule has 1 aliphatic heterocycles. The maximum Gasteiger partial charge on any atom is 0.506 e. The molecule has 0 saturated carbocycles. The first-order valence-electron chi connectivity index (χ1n) is 11.4. The molecule has 0 unspecified atom stereocenters. The Hall–Kier alpha value is -4.56. The van der Waals surface area contributed by atoms with Crippen LogP contribution < -0.4 is 21.3 Å². The zero-order chi connectivity index (χ0) is 27.6. The quantitative estimate of drug-likeness (QED) is 0.111. The zero-order valence-electron chi connectivity index (χ0n) is 20.2. The van der Waals surface area contributed by atoms with Gasteiger partial charge >= 0.3 is 6.16 Å². The number of carboxylic acid groups (broad SMARTS) is 1. The fourth-order valence-corrected chi connectivity index (χ4v) is 4.39. The summed E-state index contributed by atoms with van der Waals surface area (Å²) in [7, 11) is 0. The largest absolute Gasteiger partial charge is 0.506 e. The highest BCUT2D eigenvalue weighted by Gasteiger charge is 2.28. The van der Waals surface area contributed by atoms with Crippen LogP contribution in [0.1, 0.15) is 22.3 Å². The van der Waals surface area contributed by atoms with Gasteiger partial charge in [-0.3, -0.25) is 24.7 Å². The van der Waals surface area contributed by atoms with Crippen LogP contribution in [0.15, 0.2) is 23.0 Å². The van der Waals surface area contributed by atoms with Gasteiger partial charge in [0, 0.05) is 23.6 Å². The number of ether oxygens (including phenoxy) is 1. The molecule has 0 saturated heterocycles. The summed E-state index contributed by atoms with van der Waals surface area (Å²) < 4.78 is 20.9. The van der Waals surface area contributed by atoms with Gasteiger partial charge in [-0.05, 0) is 30.2 Å². The molecule has 2 amide bonds. The Balaban J connectivity index is 1.68. The zero-order valence-corrected chi connectivity index (χ0v) is 20.2. The molecule has 14 heteroatoms. The maximum absolute atomic E-state index is 15.0. The molecule has 1 aromatic carbocycles. The molecule has 0 fully saturated rings. The summed E-state index contributed by atoms with van der Waals surface area (Å²) in [5.74, 6) is -1.30. The first-order chi connectivity index (χ1) is 18.2. The number of benzene rings is 1. The summed E-state index contributed by atoms with van der Waals surface area (Å²) >= 11 is 0. The monoisotopic (exact) mass is 529 g/mol. The molecular weight excluding hydrogens is 505 g/mol. The molecule has 4 rings (SSSR count). The van der Waals surface area contributed by atoms with E-state index in [1.807, 2.05) is 0 Å². The maximum atomic E-state index is 15.0. The highest BCUT2D eigenvalue weighted by molar-refractivity contribution is 5.90. The molecule has 3 aromatic rings. The Kier molecular flexibility index (Phi) is 7.55. The smallest absolute Gasteiger partial charge is 0.450 e. The highest BCUT2D eigenvalue weighted by Crippen LogP contribution is 2.37. The molecule has 200 valence electrons. The van der Waals surface area contributed by atoms with E-state index >= 15 is 0 Å². The molecule has 1 aliphatic rings. The highest BCUT2D eigenvalue weighted by atomic mass is 19.1. The second kappa shape index (κ2) is 10.8. The molecule has 3 heterocycles. The Morgan fingerprint density at radius 1 is 1.29 bits per heavy atom. The minimum atomic E-state index is -1.51. The fraction of sp³-hybridized carbons (Fsp3) is 0.292. The van der Waals surface area contributed by atoms with Crippen LogP contribution in [0.25, 0.3) is 22.3 Å². The van der Waals surface area contributed by atoms with E-state index in [4.69, 9.17) is 5.11 Å². The van der Waals surface area contributed by atoms with Crippen molar-refractivity contribution in [3.05, 3.63) is 56.6 Å². The van der Waals surface area contributed by atoms with Gasteiger partial charge in [-0.2, -0.15) is 0 Å². The lowest BCUT2D eigenvalue weighted by Crippen LogP contribution is -2.38. The van der Waals surface area contributed by atoms with Crippen LogP contribution in [0.3, 0.4) is 0 Å². The van der Waals surface area contributed by atoms with Gasteiger partial charge in [-0.1, -0.05) is 0 Å². The number of aryl methyl sites for hydroxylation is 1. The van der Waals surface area contributed by atoms with Crippen molar-refractivity contribution in [2.75, 3.05) is 24.7 Å². The normalized spacial score (nSPS) is 11.6. The van der Waals surface area contributed by atoms with Crippen LogP contribution in [-0.2, 0) is 34.1 Å². The van der Waals surface area contributed by atoms with Crippen LogP contribution in [0.5, 0.6) is 0 Å². The standard InChI is InChI=1S/C24H24FN5O8/c1-12-4-20-22-14(8-29(20)23(34)16(12)10-38-24(35)36)15(9-31)13-5-19(17(25)6-18(13)28-22)30(37)3-2-27-21(33)7-26-11-32/h4-6,11,31,37H,2-3,7-10H2,1H3,(H,26,32)(H,27,33)(H,35,36). The van der Waals surface area contributed by atoms with Gasteiger partial charge in [0.1, 0.15) is 6.61 Å². The lowest BCUT2D eigenvalue weighted by atomic mass is 10.00. The van der Waals surface area contributed by atoms with Gasteiger partial charge in [0.15, 0.2) is 5.82 Å². The molecule has 2 aromatic heterocycles. The number of aliphatic hydroxyl groups is 1. The Labute approximate surface area is 214 Å². The third-order valence-electron chi connectivity index (χ3n) is 6.22. The van der Waals surface area contributed by atoms with Crippen LogP contribution in [0.4, 0.5) is 14.9 Å². The number of aromatic nitrogens is 2. The van der Waals surface area contributed by atoms with E-state index in [0.717, 1.165) is 6.07 Å². The van der Waals surface area contributed by atoms with Crippen LogP contribution in [-0.4, -0.2) is 63.1 Å². The SMILES string of the molecule is Cc1cc2n(c(=O)c1COC(=O)O)Cc1c-2nc2cc(F)c(N(O)CCNC(=O)CNC=O)cc2c1CO. The molecule has 5 N–H and O–H groups in total. The minimum absolute atomic E-state index is 0.0408. The van der Waals surface area contributed by atoms with Gasteiger partial charge in [0.2, 0.25) is 12.3 Å². The molecule has 0 atom stereocenters. The van der Waals surface area contributed by atoms with Crippen molar-refractivity contribution >= 4 is 35.1 Å². The number of rotatable bonds is 10. The number of pyridine rings is 2. The number of hydrogen-bond donors (Lipinski definition) is 5. The fourth-order valence-electron chi connectivity index (χ4n) is 4.39. The minimum Gasteiger partial charge on any atom is -0.450 e. The number of carbonyl (C=O) groups is 3. The van der Waals surface area contributed by atoms with E-state index in [0.29, 0.717) is 44.9 Å². The predicted octanol–water partition coefficient (Wildman–Crippen LogP) is 0.617. The summed E-state index contributed by atoms with van der Waals surface area (Å²) in [4.78, 5) is 50.3. The number of nitrogens with one attached hydrogen (secondary N) is 2. The van der Waals surface area contributed by atoms with Crippen molar-refractivity contribution in [3.8, 4) is 11.4 Å². The van der Waals surface area contributed by atoms with E-state index in [9.17, 15) is 33.9 Å². The van der Waals surface area contributed by atoms with Crippen LogP contribution in [0.2, 0.25) is 0 Å². The molecule has 0 bridgehead atoms. The van der Waals surface area contributed by atoms with Crippen LogP contribution in [0, 0.1) is 12.7 Å². The number of aliphatic hydroxyl groups excluding tert-OH is 1. The van der Waals surface area contributed by atoms with E-state index in [1.165, 1.54) is 10.6 Å². The van der Waals surface area contributed by atoms with Crippen molar-refractivity contribution in [1.29, 1.82) is 0 Å². The molecule has 38 heavy (non-hydrogen) atoms. The van der Waals surface area contributed by atoms with Gasteiger partial charge in [0.05, 0.1) is 54.4 Å². The topological polar surface area (TPSA) is 183 Å². The number of hydrogen-bond acceptors (Lipinski definition) is 9. The molecule has 0 spiro atoms. The molecular formula is C24H24FN5O8. The summed E-state index contributed by atoms with van der Waals surface area (Å²) in [6, 6.07) is 4.08. The first kappa shape index (κ1) is 26.5. The van der Waals surface area contributed by atoms with Gasteiger partial charge < -0.3 is 30.2 Å². The number of amides is 2. The third-order valence-corrected chi connectivity index (χ3v) is 6.22. The Morgan fingerprint density at radius 3 is 2.74 bits per heavy atom. The molecule has 0 radical (unpaired) electrons. The summed E-state index contributed by atoms with van der Waals surface area (Å²) in [5.41, 5.74) is 1.90. The second-order valence-corrected chi connectivity index (χ2v) is 8.51. The number of carbonyl (C=O) groups excluding carboxylic acids is 2. The third kappa shape index (κ3) is 4.99. The number of anilines is 1. The van der Waals surface area contributed by atoms with E-state index in [2.05, 4.69) is 20.4 Å². The van der Waals surface area contributed by atoms with E-state index < -0.39 is 36.7 Å². The first-order valence-corrected chi connectivity index (χ1v) is 11.4. The molecule has 0 aliphatic carbocycles. The average molecular weight is 529 g/mol. The molecule has 13 nitrogen and oxygen atoms in total. The van der Waals surface area contributed by atoms with Crippen molar-refractivity contribution in [2.24, 2.45) is 0 Å². The number of nitrogens with zero attached hydrogens (tertiary/aromatic N) is 3. The number of fused-ring (bicyclic) bond motifs is 4. The van der Waals surface area contributed by atoms with E-state index in [1.54, 1.807) is 13.0 Å². The Morgan fingerprint density at radius 2 is 2.05 bits per heavy atom. The van der Waals surface area contributed by atoms with Crippen LogP contribution >= 0.6 is 0 Å². The predicted molar refractivity (Wildman–Crippen MR) is 130 cm³/mol. The van der Waals surface area contributed by atoms with Gasteiger partial charge in [-0.25, -0.2) is 14.2 Å². The second-order valence-electron chi connectivity index (χ2n) is 8.51. The summed E-state index contributed by atoms with van der Waals surface area (Å²) in [6.45, 7) is 0.325. The van der Waals surface area contributed by atoms with Gasteiger partial charge in [-0.15, -0.1) is 0 Å². The van der Waals surface area contributed by atoms with Crippen molar-refractivity contribution < 1.29 is 38.9 Å². The van der Waals surface area contributed by atoms with E-state index in [-0.39, 0.29) is 42.9 Å². The summed E-state index contributed by atoms with van der Waals surface area (Å²) in [5, 5.41) is 35.1. The van der Waals surface area contributed by atoms with Crippen molar-refractivity contribution in [1.82, 2.24) is 20.2 Å². The van der Waals surface area contributed by atoms with Gasteiger partial charge in [0.25, 0.3) is 5.56 Å². The van der Waals surface area contributed by atoms with Crippen molar-refractivity contribution in [3.63, 3.8) is 0 Å². The number of hydroxylamine groups is 1. The Bertz CT molecular complexity index is 1510. The number of halogens is 1.